The molecule has 3 aromatic rings. The lowest BCUT2D eigenvalue weighted by molar-refractivity contribution is -0.131. The zero-order valence-electron chi connectivity index (χ0n) is 15.3. The predicted octanol–water partition coefficient (Wildman–Crippen LogP) is 5.02. The maximum atomic E-state index is 12.2. The molecular formula is C23H26O3. The number of aliphatic hydroxyl groups is 1. The van der Waals surface area contributed by atoms with Gasteiger partial charge in [0, 0.05) is 13.0 Å². The minimum absolute atomic E-state index is 0.133. The molecule has 1 unspecified atom stereocenters. The Balaban J connectivity index is 1.82. The number of unbranched alkanes of at least 4 members (excludes halogenated alkanes) is 1. The molecule has 0 aliphatic carbocycles. The Hall–Kier alpha value is -2.23. The number of carbonyl (C=O) groups is 1. The molecule has 0 saturated heterocycles. The fraction of sp³-hybridized carbons (Fsp3) is 0.348. The molecule has 0 aliphatic rings. The lowest BCUT2D eigenvalue weighted by Crippen LogP contribution is -2.23. The van der Waals surface area contributed by atoms with Crippen molar-refractivity contribution in [1.82, 2.24) is 0 Å². The molecule has 3 heteroatoms. The van der Waals surface area contributed by atoms with Crippen LogP contribution in [0.25, 0.3) is 21.5 Å². The number of fused-ring (bicyclic) bond motifs is 2. The average Bonchev–Trinajstić information content (AvgIpc) is 2.68. The molecule has 0 bridgehead atoms. The van der Waals surface area contributed by atoms with Crippen molar-refractivity contribution in [2.45, 2.75) is 45.3 Å². The van der Waals surface area contributed by atoms with Gasteiger partial charge in [0.05, 0.1) is 6.61 Å². The monoisotopic (exact) mass is 350 g/mol. The van der Waals surface area contributed by atoms with Gasteiger partial charge in [0.1, 0.15) is 6.10 Å². The van der Waals surface area contributed by atoms with E-state index < -0.39 is 0 Å². The minimum atomic E-state index is -0.387. The molecule has 1 N–H and O–H groups in total. The maximum Gasteiger partial charge on any atom is 0.161 e. The van der Waals surface area contributed by atoms with Crippen LogP contribution in [0.3, 0.4) is 0 Å². The molecule has 0 aromatic heterocycles. The van der Waals surface area contributed by atoms with Crippen molar-refractivity contribution in [1.29, 1.82) is 0 Å². The van der Waals surface area contributed by atoms with E-state index in [2.05, 4.69) is 42.5 Å². The predicted molar refractivity (Wildman–Crippen MR) is 106 cm³/mol. The highest BCUT2D eigenvalue weighted by atomic mass is 16.5. The maximum absolute atomic E-state index is 12.2. The van der Waals surface area contributed by atoms with Crippen LogP contribution in [0.1, 0.15) is 38.2 Å². The van der Waals surface area contributed by atoms with E-state index in [1.165, 1.54) is 21.5 Å². The molecule has 0 fully saturated rings. The summed E-state index contributed by atoms with van der Waals surface area (Å²) in [6, 6.07) is 19.0. The normalized spacial score (nSPS) is 12.5. The van der Waals surface area contributed by atoms with Gasteiger partial charge in [0.25, 0.3) is 0 Å². The zero-order chi connectivity index (χ0) is 18.4. The molecule has 3 nitrogen and oxygen atoms in total. The summed E-state index contributed by atoms with van der Waals surface area (Å²) in [5, 5.41) is 13.7. The first-order valence-electron chi connectivity index (χ1n) is 9.38. The number of Topliss-reactive ketones (excluding diaryl/α,β-unsaturated/α-hetero) is 1. The van der Waals surface area contributed by atoms with Crippen molar-refractivity contribution in [3.63, 3.8) is 0 Å². The molecule has 3 aromatic carbocycles. The third-order valence-electron chi connectivity index (χ3n) is 4.86. The van der Waals surface area contributed by atoms with E-state index in [9.17, 15) is 4.79 Å². The Bertz CT molecular complexity index is 885. The first-order valence-corrected chi connectivity index (χ1v) is 9.38. The number of hydrogen-bond acceptors (Lipinski definition) is 3. The Morgan fingerprint density at radius 3 is 2.46 bits per heavy atom. The number of ketones is 1. The van der Waals surface area contributed by atoms with Crippen LogP contribution in [-0.2, 0) is 16.1 Å². The third-order valence-corrected chi connectivity index (χ3v) is 4.86. The van der Waals surface area contributed by atoms with Crippen LogP contribution in [0.4, 0.5) is 0 Å². The summed E-state index contributed by atoms with van der Waals surface area (Å²) in [5.74, 6) is 0.133. The van der Waals surface area contributed by atoms with Gasteiger partial charge in [-0.3, -0.25) is 4.79 Å². The van der Waals surface area contributed by atoms with Gasteiger partial charge in [-0.25, -0.2) is 0 Å². The summed E-state index contributed by atoms with van der Waals surface area (Å²) in [6.07, 6.45) is 2.26. The van der Waals surface area contributed by atoms with Gasteiger partial charge in [-0.05, 0) is 58.5 Å². The Morgan fingerprint density at radius 2 is 1.73 bits per heavy atom. The van der Waals surface area contributed by atoms with Crippen molar-refractivity contribution in [3.05, 3.63) is 60.2 Å². The fourth-order valence-electron chi connectivity index (χ4n) is 3.35. The quantitative estimate of drug-likeness (QED) is 0.435. The van der Waals surface area contributed by atoms with Gasteiger partial charge < -0.3 is 9.84 Å². The number of aliphatic hydroxyl groups excluding tert-OH is 1. The van der Waals surface area contributed by atoms with Crippen LogP contribution in [0, 0.1) is 0 Å². The number of hydrogen-bond donors (Lipinski definition) is 1. The fourth-order valence-corrected chi connectivity index (χ4v) is 3.35. The van der Waals surface area contributed by atoms with E-state index in [-0.39, 0.29) is 18.5 Å². The van der Waals surface area contributed by atoms with E-state index in [1.807, 2.05) is 19.1 Å². The summed E-state index contributed by atoms with van der Waals surface area (Å²) >= 11 is 0. The van der Waals surface area contributed by atoms with Gasteiger partial charge >= 0.3 is 0 Å². The lowest BCUT2D eigenvalue weighted by atomic mass is 10.00. The van der Waals surface area contributed by atoms with Crippen LogP contribution in [0.15, 0.2) is 54.6 Å². The van der Waals surface area contributed by atoms with Crippen molar-refractivity contribution in [2.75, 3.05) is 6.61 Å². The first-order chi connectivity index (χ1) is 12.7. The first kappa shape index (κ1) is 18.6. The Labute approximate surface area is 154 Å². The van der Waals surface area contributed by atoms with Crippen LogP contribution >= 0.6 is 0 Å². The number of ether oxygens (including phenoxy) is 1. The van der Waals surface area contributed by atoms with Crippen molar-refractivity contribution >= 4 is 27.3 Å². The molecule has 0 heterocycles. The molecule has 0 amide bonds. The van der Waals surface area contributed by atoms with E-state index in [1.54, 1.807) is 0 Å². The number of benzene rings is 3. The summed E-state index contributed by atoms with van der Waals surface area (Å²) < 4.78 is 6.02. The zero-order valence-corrected chi connectivity index (χ0v) is 15.3. The van der Waals surface area contributed by atoms with Crippen LogP contribution < -0.4 is 0 Å². The topological polar surface area (TPSA) is 46.5 Å². The van der Waals surface area contributed by atoms with E-state index in [4.69, 9.17) is 9.84 Å². The standard InChI is InChI=1S/C23H26O3/c1-2-22(25)23(12-5-6-13-24)26-16-20-11-7-10-19-14-17-8-3-4-9-18(17)15-21(19)20/h3-4,7-11,14-15,23-24H,2,5-6,12-13,16H2,1H3. The molecule has 1 atom stereocenters. The lowest BCUT2D eigenvalue weighted by Gasteiger charge is -2.17. The highest BCUT2D eigenvalue weighted by molar-refractivity contribution is 5.99. The highest BCUT2D eigenvalue weighted by Gasteiger charge is 2.17. The smallest absolute Gasteiger partial charge is 0.161 e. The number of carbonyl (C=O) groups excluding carboxylic acids is 1. The molecule has 0 radical (unpaired) electrons. The van der Waals surface area contributed by atoms with Crippen LogP contribution in [0.2, 0.25) is 0 Å². The van der Waals surface area contributed by atoms with Crippen LogP contribution in [0.5, 0.6) is 0 Å². The Morgan fingerprint density at radius 1 is 1.00 bits per heavy atom. The van der Waals surface area contributed by atoms with Crippen molar-refractivity contribution in [3.8, 4) is 0 Å². The number of rotatable bonds is 9. The summed E-state index contributed by atoms with van der Waals surface area (Å²) in [7, 11) is 0. The molecule has 136 valence electrons. The van der Waals surface area contributed by atoms with E-state index in [0.717, 1.165) is 12.0 Å². The third kappa shape index (κ3) is 4.29. The van der Waals surface area contributed by atoms with Gasteiger partial charge in [0.2, 0.25) is 0 Å². The average molecular weight is 350 g/mol. The molecule has 3 rings (SSSR count). The summed E-state index contributed by atoms with van der Waals surface area (Å²) in [4.78, 5) is 12.2. The minimum Gasteiger partial charge on any atom is -0.396 e. The second kappa shape index (κ2) is 8.93. The second-order valence-corrected chi connectivity index (χ2v) is 6.68. The van der Waals surface area contributed by atoms with Gasteiger partial charge in [-0.15, -0.1) is 0 Å². The largest absolute Gasteiger partial charge is 0.396 e. The molecule has 0 saturated carbocycles. The van der Waals surface area contributed by atoms with Crippen LogP contribution in [-0.4, -0.2) is 23.6 Å². The molecular weight excluding hydrogens is 324 g/mol. The van der Waals surface area contributed by atoms with Gasteiger partial charge in [-0.2, -0.15) is 0 Å². The van der Waals surface area contributed by atoms with Gasteiger partial charge in [0.15, 0.2) is 5.78 Å². The molecule has 0 aliphatic heterocycles. The second-order valence-electron chi connectivity index (χ2n) is 6.68. The summed E-state index contributed by atoms with van der Waals surface area (Å²) in [6.45, 7) is 2.45. The van der Waals surface area contributed by atoms with E-state index in [0.29, 0.717) is 25.9 Å². The van der Waals surface area contributed by atoms with Crippen molar-refractivity contribution < 1.29 is 14.6 Å². The molecule has 0 spiro atoms. The highest BCUT2D eigenvalue weighted by Crippen LogP contribution is 2.26. The summed E-state index contributed by atoms with van der Waals surface area (Å²) in [5.41, 5.74) is 1.10. The molecule has 26 heavy (non-hydrogen) atoms. The Kier molecular flexibility index (Phi) is 6.37. The van der Waals surface area contributed by atoms with Gasteiger partial charge in [-0.1, -0.05) is 49.4 Å². The van der Waals surface area contributed by atoms with E-state index >= 15 is 0 Å². The van der Waals surface area contributed by atoms with Crippen molar-refractivity contribution in [2.24, 2.45) is 0 Å². The SMILES string of the molecule is CCC(=O)C(CCCCO)OCc1cccc2cc3ccccc3cc12.